The molecule has 2 unspecified atom stereocenters. The monoisotopic (exact) mass is 228 g/mol. The van der Waals surface area contributed by atoms with Crippen molar-refractivity contribution in [2.24, 2.45) is 11.5 Å². The fraction of sp³-hybridized carbons (Fsp3) is 0.500. The van der Waals surface area contributed by atoms with Crippen LogP contribution in [-0.2, 0) is 9.59 Å². The molecule has 10 heavy (non-hydrogen) atoms. The molecule has 0 aliphatic carbocycles. The molecular formula is C4H6BrClN2O2. The molecule has 0 aromatic rings. The number of nitrogens with two attached hydrogens (primary N) is 2. The topological polar surface area (TPSA) is 86.2 Å². The summed E-state index contributed by atoms with van der Waals surface area (Å²) in [6, 6.07) is 0. The summed E-state index contributed by atoms with van der Waals surface area (Å²) in [5.41, 5.74) is 9.56. The molecule has 6 heteroatoms. The smallest absolute Gasteiger partial charge is 0.237 e. The molecule has 4 nitrogen and oxygen atoms in total. The first kappa shape index (κ1) is 9.71. The molecule has 0 saturated carbocycles. The van der Waals surface area contributed by atoms with Crippen LogP contribution in [-0.4, -0.2) is 22.0 Å². The molecule has 0 aliphatic heterocycles. The largest absolute Gasteiger partial charge is 0.369 e. The second-order valence-corrected chi connectivity index (χ2v) is 3.06. The minimum atomic E-state index is -1.09. The average molecular weight is 229 g/mol. The summed E-state index contributed by atoms with van der Waals surface area (Å²) < 4.78 is 0. The first-order chi connectivity index (χ1) is 4.46. The van der Waals surface area contributed by atoms with Gasteiger partial charge in [0.2, 0.25) is 11.8 Å². The van der Waals surface area contributed by atoms with E-state index in [1.165, 1.54) is 0 Å². The Morgan fingerprint density at radius 2 is 1.70 bits per heavy atom. The van der Waals surface area contributed by atoms with Crippen LogP contribution in [0, 0.1) is 0 Å². The van der Waals surface area contributed by atoms with Gasteiger partial charge >= 0.3 is 0 Å². The Kier molecular flexibility index (Phi) is 3.67. The van der Waals surface area contributed by atoms with Crippen molar-refractivity contribution in [3.05, 3.63) is 0 Å². The highest BCUT2D eigenvalue weighted by molar-refractivity contribution is 9.10. The highest BCUT2D eigenvalue weighted by Crippen LogP contribution is 2.10. The summed E-state index contributed by atoms with van der Waals surface area (Å²) in [5.74, 6) is -1.49. The molecule has 0 spiro atoms. The lowest BCUT2D eigenvalue weighted by Gasteiger charge is -2.07. The number of carbonyl (C=O) groups is 2. The Labute approximate surface area is 71.0 Å². The van der Waals surface area contributed by atoms with Crippen molar-refractivity contribution in [1.29, 1.82) is 0 Å². The SMILES string of the molecule is NC(=O)C(Cl)C(Br)C(N)=O. The van der Waals surface area contributed by atoms with Gasteiger partial charge in [-0.2, -0.15) is 0 Å². The fourth-order valence-corrected chi connectivity index (χ4v) is 0.673. The van der Waals surface area contributed by atoms with Gasteiger partial charge in [-0.3, -0.25) is 9.59 Å². The highest BCUT2D eigenvalue weighted by atomic mass is 79.9. The van der Waals surface area contributed by atoms with Gasteiger partial charge in [0.1, 0.15) is 10.2 Å². The molecule has 4 N–H and O–H groups in total. The molecule has 0 saturated heterocycles. The standard InChI is InChI=1S/C4H6BrClN2O2/c5-1(3(7)9)2(6)4(8)10/h1-2H,(H2,7,9)(H2,8,10). The van der Waals surface area contributed by atoms with E-state index in [1.54, 1.807) is 0 Å². The molecular weight excluding hydrogens is 223 g/mol. The van der Waals surface area contributed by atoms with Crippen LogP contribution in [0.1, 0.15) is 0 Å². The number of hydrogen-bond acceptors (Lipinski definition) is 2. The lowest BCUT2D eigenvalue weighted by molar-refractivity contribution is -0.122. The number of rotatable bonds is 3. The third kappa shape index (κ3) is 2.53. The number of halogens is 2. The van der Waals surface area contributed by atoms with Crippen LogP contribution in [0.2, 0.25) is 0 Å². The van der Waals surface area contributed by atoms with Crippen molar-refractivity contribution in [2.45, 2.75) is 10.2 Å². The van der Waals surface area contributed by atoms with Gasteiger partial charge < -0.3 is 11.5 Å². The zero-order chi connectivity index (χ0) is 8.31. The Morgan fingerprint density at radius 3 is 1.80 bits per heavy atom. The molecule has 0 aliphatic rings. The Hall–Kier alpha value is -0.290. The molecule has 2 atom stereocenters. The van der Waals surface area contributed by atoms with Gasteiger partial charge in [-0.15, -0.1) is 11.6 Å². The van der Waals surface area contributed by atoms with Gasteiger partial charge in [0.15, 0.2) is 0 Å². The third-order valence-electron chi connectivity index (χ3n) is 0.801. The Morgan fingerprint density at radius 1 is 1.30 bits per heavy atom. The van der Waals surface area contributed by atoms with Crippen LogP contribution in [0.15, 0.2) is 0 Å². The second-order valence-electron chi connectivity index (χ2n) is 1.61. The van der Waals surface area contributed by atoms with Gasteiger partial charge in [0.25, 0.3) is 0 Å². The zero-order valence-corrected chi connectivity index (χ0v) is 7.22. The third-order valence-corrected chi connectivity index (χ3v) is 2.55. The second kappa shape index (κ2) is 3.78. The van der Waals surface area contributed by atoms with Crippen molar-refractivity contribution in [1.82, 2.24) is 0 Å². The number of hydrogen-bond donors (Lipinski definition) is 2. The Bertz CT molecular complexity index is 145. The molecule has 0 rings (SSSR count). The van der Waals surface area contributed by atoms with Crippen molar-refractivity contribution < 1.29 is 9.59 Å². The molecule has 0 heterocycles. The minimum absolute atomic E-state index is 0.709. The lowest BCUT2D eigenvalue weighted by atomic mass is 10.3. The van der Waals surface area contributed by atoms with E-state index in [1.807, 2.05) is 0 Å². The highest BCUT2D eigenvalue weighted by Gasteiger charge is 2.25. The number of amides is 2. The number of primary amides is 2. The molecule has 0 fully saturated rings. The summed E-state index contributed by atoms with van der Waals surface area (Å²) in [4.78, 5) is 19.7. The van der Waals surface area contributed by atoms with E-state index in [9.17, 15) is 9.59 Å². The summed E-state index contributed by atoms with van der Waals surface area (Å²) in [6.07, 6.45) is 0. The van der Waals surface area contributed by atoms with Crippen LogP contribution in [0.4, 0.5) is 0 Å². The molecule has 0 aromatic heterocycles. The summed E-state index contributed by atoms with van der Waals surface area (Å²) in [7, 11) is 0. The first-order valence-corrected chi connectivity index (χ1v) is 3.68. The molecule has 58 valence electrons. The predicted molar refractivity (Wildman–Crippen MR) is 40.7 cm³/mol. The number of alkyl halides is 2. The van der Waals surface area contributed by atoms with Crippen LogP contribution in [0.25, 0.3) is 0 Å². The van der Waals surface area contributed by atoms with Crippen LogP contribution in [0.5, 0.6) is 0 Å². The predicted octanol–water partition coefficient (Wildman–Crippen LogP) is -0.672. The van der Waals surface area contributed by atoms with E-state index in [4.69, 9.17) is 23.1 Å². The van der Waals surface area contributed by atoms with E-state index in [-0.39, 0.29) is 0 Å². The van der Waals surface area contributed by atoms with Gasteiger partial charge in [0, 0.05) is 0 Å². The van der Waals surface area contributed by atoms with E-state index in [0.29, 0.717) is 0 Å². The quantitative estimate of drug-likeness (QED) is 0.629. The van der Waals surface area contributed by atoms with Gasteiger partial charge in [0.05, 0.1) is 0 Å². The Balaban J connectivity index is 4.07. The zero-order valence-electron chi connectivity index (χ0n) is 4.88. The fourth-order valence-electron chi connectivity index (χ4n) is 0.288. The first-order valence-electron chi connectivity index (χ1n) is 2.33. The summed E-state index contributed by atoms with van der Waals surface area (Å²) >= 11 is 8.14. The van der Waals surface area contributed by atoms with Crippen molar-refractivity contribution in [2.75, 3.05) is 0 Å². The maximum atomic E-state index is 10.3. The van der Waals surface area contributed by atoms with E-state index >= 15 is 0 Å². The van der Waals surface area contributed by atoms with E-state index < -0.39 is 22.0 Å². The number of carbonyl (C=O) groups excluding carboxylic acids is 2. The molecule has 2 amide bonds. The van der Waals surface area contributed by atoms with Crippen LogP contribution in [0.3, 0.4) is 0 Å². The van der Waals surface area contributed by atoms with Gasteiger partial charge in [-0.1, -0.05) is 15.9 Å². The summed E-state index contributed by atoms with van der Waals surface area (Å²) in [6.45, 7) is 0. The van der Waals surface area contributed by atoms with Crippen LogP contribution >= 0.6 is 27.5 Å². The van der Waals surface area contributed by atoms with Gasteiger partial charge in [-0.25, -0.2) is 0 Å². The van der Waals surface area contributed by atoms with Crippen molar-refractivity contribution in [3.63, 3.8) is 0 Å². The average Bonchev–Trinajstić information content (AvgIpc) is 1.84. The normalized spacial score (nSPS) is 15.8. The lowest BCUT2D eigenvalue weighted by Crippen LogP contribution is -2.39. The van der Waals surface area contributed by atoms with Crippen molar-refractivity contribution >= 4 is 39.3 Å². The van der Waals surface area contributed by atoms with Gasteiger partial charge in [-0.05, 0) is 0 Å². The van der Waals surface area contributed by atoms with E-state index in [2.05, 4.69) is 15.9 Å². The minimum Gasteiger partial charge on any atom is -0.369 e. The van der Waals surface area contributed by atoms with E-state index in [0.717, 1.165) is 0 Å². The van der Waals surface area contributed by atoms with Crippen LogP contribution < -0.4 is 11.5 Å². The molecule has 0 aromatic carbocycles. The molecule has 0 bridgehead atoms. The maximum Gasteiger partial charge on any atom is 0.237 e. The molecule has 0 radical (unpaired) electrons. The maximum absolute atomic E-state index is 10.3. The summed E-state index contributed by atoms with van der Waals surface area (Å²) in [5, 5.41) is -1.09. The van der Waals surface area contributed by atoms with Crippen molar-refractivity contribution in [3.8, 4) is 0 Å².